The van der Waals surface area contributed by atoms with Gasteiger partial charge in [0.1, 0.15) is 17.2 Å². The predicted molar refractivity (Wildman–Crippen MR) is 128 cm³/mol. The van der Waals surface area contributed by atoms with E-state index >= 15 is 0 Å². The number of phenolic OH excluding ortho intramolecular Hbond substituents is 1. The SMILES string of the molecule is Cc1cc(C2CCC(C)CN2C(=O)C(=O)Nc2ccc(NC(=O)OC(C)(C)C)nc2)ccc1O. The maximum absolute atomic E-state index is 13.1. The van der Waals surface area contributed by atoms with E-state index in [-0.39, 0.29) is 23.5 Å². The van der Waals surface area contributed by atoms with Crippen molar-refractivity contribution in [3.05, 3.63) is 47.7 Å². The molecular formula is C25H32N4O5. The summed E-state index contributed by atoms with van der Waals surface area (Å²) < 4.78 is 5.18. The highest BCUT2D eigenvalue weighted by molar-refractivity contribution is 6.39. The lowest BCUT2D eigenvalue weighted by molar-refractivity contribution is -0.146. The number of ether oxygens (including phenoxy) is 1. The first-order valence-corrected chi connectivity index (χ1v) is 11.3. The molecule has 3 amide bonds. The van der Waals surface area contributed by atoms with Crippen molar-refractivity contribution < 1.29 is 24.2 Å². The lowest BCUT2D eigenvalue weighted by Gasteiger charge is -2.38. The molecule has 9 nitrogen and oxygen atoms in total. The summed E-state index contributed by atoms with van der Waals surface area (Å²) >= 11 is 0. The van der Waals surface area contributed by atoms with E-state index in [1.807, 2.05) is 6.07 Å². The molecule has 0 aliphatic carbocycles. The van der Waals surface area contributed by atoms with Gasteiger partial charge in [-0.15, -0.1) is 0 Å². The average Bonchev–Trinajstić information content (AvgIpc) is 2.75. The number of aryl methyl sites for hydroxylation is 1. The number of anilines is 2. The number of aromatic nitrogens is 1. The minimum atomic E-state index is -0.760. The lowest BCUT2D eigenvalue weighted by Crippen LogP contribution is -2.46. The van der Waals surface area contributed by atoms with E-state index in [4.69, 9.17) is 4.74 Å². The molecule has 1 fully saturated rings. The molecule has 9 heteroatoms. The Hall–Kier alpha value is -3.62. The number of pyridine rings is 1. The van der Waals surface area contributed by atoms with Crippen LogP contribution in [0.5, 0.6) is 5.75 Å². The van der Waals surface area contributed by atoms with Gasteiger partial charge in [0.05, 0.1) is 17.9 Å². The average molecular weight is 469 g/mol. The van der Waals surface area contributed by atoms with Crippen molar-refractivity contribution in [2.45, 2.75) is 59.1 Å². The highest BCUT2D eigenvalue weighted by Gasteiger charge is 2.34. The summed E-state index contributed by atoms with van der Waals surface area (Å²) in [4.78, 5) is 43.4. The van der Waals surface area contributed by atoms with Gasteiger partial charge < -0.3 is 20.1 Å². The summed E-state index contributed by atoms with van der Waals surface area (Å²) in [7, 11) is 0. The Labute approximate surface area is 199 Å². The van der Waals surface area contributed by atoms with Crippen molar-refractivity contribution in [2.24, 2.45) is 5.92 Å². The van der Waals surface area contributed by atoms with E-state index in [0.717, 1.165) is 24.0 Å². The molecule has 2 aromatic rings. The van der Waals surface area contributed by atoms with E-state index < -0.39 is 23.5 Å². The van der Waals surface area contributed by atoms with Crippen LogP contribution < -0.4 is 10.6 Å². The Morgan fingerprint density at radius 2 is 1.85 bits per heavy atom. The Morgan fingerprint density at radius 1 is 1.12 bits per heavy atom. The smallest absolute Gasteiger partial charge is 0.413 e. The number of phenols is 1. The van der Waals surface area contributed by atoms with E-state index in [0.29, 0.717) is 12.2 Å². The summed E-state index contributed by atoms with van der Waals surface area (Å²) in [5.74, 6) is -0.666. The van der Waals surface area contributed by atoms with Crippen LogP contribution in [-0.2, 0) is 14.3 Å². The zero-order valence-electron chi connectivity index (χ0n) is 20.2. The van der Waals surface area contributed by atoms with Gasteiger partial charge in [0, 0.05) is 6.54 Å². The van der Waals surface area contributed by atoms with Crippen LogP contribution in [0, 0.1) is 12.8 Å². The molecule has 2 heterocycles. The van der Waals surface area contributed by atoms with Crippen LogP contribution in [0.1, 0.15) is 57.7 Å². The van der Waals surface area contributed by atoms with Gasteiger partial charge in [-0.2, -0.15) is 0 Å². The molecule has 182 valence electrons. The minimum Gasteiger partial charge on any atom is -0.508 e. The monoisotopic (exact) mass is 468 g/mol. The van der Waals surface area contributed by atoms with Crippen LogP contribution in [0.25, 0.3) is 0 Å². The van der Waals surface area contributed by atoms with Gasteiger partial charge in [-0.1, -0.05) is 19.1 Å². The summed E-state index contributed by atoms with van der Waals surface area (Å²) in [6.45, 7) is 9.59. The van der Waals surface area contributed by atoms with Crippen molar-refractivity contribution in [1.29, 1.82) is 0 Å². The molecule has 34 heavy (non-hydrogen) atoms. The van der Waals surface area contributed by atoms with Crippen molar-refractivity contribution in [1.82, 2.24) is 9.88 Å². The first kappa shape index (κ1) is 25.0. The molecule has 3 rings (SSSR count). The van der Waals surface area contributed by atoms with Crippen LogP contribution in [-0.4, -0.2) is 45.0 Å². The van der Waals surface area contributed by atoms with E-state index in [2.05, 4.69) is 22.5 Å². The number of benzene rings is 1. The van der Waals surface area contributed by atoms with Crippen molar-refractivity contribution in [3.63, 3.8) is 0 Å². The molecule has 1 aromatic heterocycles. The number of piperidine rings is 1. The second-order valence-corrected chi connectivity index (χ2v) is 9.71. The van der Waals surface area contributed by atoms with Gasteiger partial charge in [0.2, 0.25) is 0 Å². The van der Waals surface area contributed by atoms with E-state index in [9.17, 15) is 19.5 Å². The molecule has 0 saturated carbocycles. The maximum Gasteiger partial charge on any atom is 0.413 e. The van der Waals surface area contributed by atoms with Crippen molar-refractivity contribution in [2.75, 3.05) is 17.2 Å². The van der Waals surface area contributed by atoms with Crippen LogP contribution in [0.2, 0.25) is 0 Å². The lowest BCUT2D eigenvalue weighted by atomic mass is 9.89. The topological polar surface area (TPSA) is 121 Å². The van der Waals surface area contributed by atoms with E-state index in [1.54, 1.807) is 50.8 Å². The number of hydrogen-bond donors (Lipinski definition) is 3. The van der Waals surface area contributed by atoms with Crippen LogP contribution in [0.15, 0.2) is 36.5 Å². The fourth-order valence-electron chi connectivity index (χ4n) is 3.87. The molecule has 0 spiro atoms. The zero-order chi connectivity index (χ0) is 25.0. The number of nitrogens with one attached hydrogen (secondary N) is 2. The normalized spacial score (nSPS) is 18.2. The van der Waals surface area contributed by atoms with Gasteiger partial charge >= 0.3 is 17.9 Å². The van der Waals surface area contributed by atoms with Crippen LogP contribution >= 0.6 is 0 Å². The molecule has 1 aromatic carbocycles. The van der Waals surface area contributed by atoms with Gasteiger partial charge in [0.15, 0.2) is 0 Å². The quantitative estimate of drug-likeness (QED) is 0.575. The molecule has 0 bridgehead atoms. The van der Waals surface area contributed by atoms with Crippen molar-refractivity contribution >= 4 is 29.4 Å². The Morgan fingerprint density at radius 3 is 2.47 bits per heavy atom. The molecule has 2 unspecified atom stereocenters. The number of likely N-dealkylation sites (tertiary alicyclic amines) is 1. The number of aromatic hydroxyl groups is 1. The summed E-state index contributed by atoms with van der Waals surface area (Å²) in [6, 6.07) is 8.08. The number of rotatable bonds is 3. The van der Waals surface area contributed by atoms with E-state index in [1.165, 1.54) is 12.3 Å². The van der Waals surface area contributed by atoms with Gasteiger partial charge in [-0.05, 0) is 75.8 Å². The highest BCUT2D eigenvalue weighted by atomic mass is 16.6. The van der Waals surface area contributed by atoms with Gasteiger partial charge in [-0.3, -0.25) is 14.9 Å². The molecule has 1 saturated heterocycles. The number of carbonyl (C=O) groups is 3. The summed E-state index contributed by atoms with van der Waals surface area (Å²) in [5, 5.41) is 14.9. The van der Waals surface area contributed by atoms with Gasteiger partial charge in [0.25, 0.3) is 0 Å². The van der Waals surface area contributed by atoms with Crippen LogP contribution in [0.4, 0.5) is 16.3 Å². The second-order valence-electron chi connectivity index (χ2n) is 9.71. The Balaban J connectivity index is 1.67. The predicted octanol–water partition coefficient (Wildman–Crippen LogP) is 4.38. The summed E-state index contributed by atoms with van der Waals surface area (Å²) in [6.07, 6.45) is 2.39. The molecule has 1 aliphatic heterocycles. The number of nitrogens with zero attached hydrogens (tertiary/aromatic N) is 2. The Kier molecular flexibility index (Phi) is 7.44. The third-order valence-corrected chi connectivity index (χ3v) is 5.53. The number of carbonyl (C=O) groups excluding carboxylic acids is 3. The minimum absolute atomic E-state index is 0.195. The number of hydrogen-bond acceptors (Lipinski definition) is 6. The molecular weight excluding hydrogens is 436 g/mol. The van der Waals surface area contributed by atoms with Gasteiger partial charge in [-0.25, -0.2) is 9.78 Å². The third-order valence-electron chi connectivity index (χ3n) is 5.53. The molecule has 2 atom stereocenters. The molecule has 0 radical (unpaired) electrons. The van der Waals surface area contributed by atoms with Crippen LogP contribution in [0.3, 0.4) is 0 Å². The molecule has 1 aliphatic rings. The molecule has 3 N–H and O–H groups in total. The highest BCUT2D eigenvalue weighted by Crippen LogP contribution is 2.35. The number of amides is 3. The summed E-state index contributed by atoms with van der Waals surface area (Å²) in [5.41, 5.74) is 1.30. The Bertz CT molecular complexity index is 1060. The van der Waals surface area contributed by atoms with Crippen molar-refractivity contribution in [3.8, 4) is 5.75 Å². The third kappa shape index (κ3) is 6.46. The fraction of sp³-hybridized carbons (Fsp3) is 0.440. The first-order chi connectivity index (χ1) is 15.9. The fourth-order valence-corrected chi connectivity index (χ4v) is 3.87. The maximum atomic E-state index is 13.1. The first-order valence-electron chi connectivity index (χ1n) is 11.3. The largest absolute Gasteiger partial charge is 0.508 e. The standard InChI is InChI=1S/C25H32N4O5/c1-15-6-9-19(17-7-10-20(30)16(2)12-17)29(14-15)23(32)22(31)27-18-8-11-21(26-13-18)28-24(33)34-25(3,4)5/h7-8,10-13,15,19,30H,6,9,14H2,1-5H3,(H,27,31)(H,26,28,33). The zero-order valence-corrected chi connectivity index (χ0v) is 20.2. The second kappa shape index (κ2) is 10.1.